The number of alkyl carbamates (subject to hydrolysis) is 1. The van der Waals surface area contributed by atoms with Crippen LogP contribution in [0.25, 0.3) is 0 Å². The van der Waals surface area contributed by atoms with Crippen molar-refractivity contribution in [3.63, 3.8) is 0 Å². The summed E-state index contributed by atoms with van der Waals surface area (Å²) in [4.78, 5) is 11.1. The minimum Gasteiger partial charge on any atom is -0.450 e. The van der Waals surface area contributed by atoms with E-state index in [1.165, 1.54) is 30.7 Å². The Morgan fingerprint density at radius 3 is 2.44 bits per heavy atom. The van der Waals surface area contributed by atoms with E-state index in [0.717, 1.165) is 5.92 Å². The fraction of sp³-hybridized carbons (Fsp3) is 0.350. The van der Waals surface area contributed by atoms with Gasteiger partial charge in [-0.05, 0) is 24.8 Å². The molecule has 0 aromatic heterocycles. The van der Waals surface area contributed by atoms with Crippen molar-refractivity contribution in [2.45, 2.75) is 39.5 Å². The molecule has 1 aliphatic heterocycles. The van der Waals surface area contributed by atoms with Crippen molar-refractivity contribution in [2.75, 3.05) is 6.61 Å². The van der Waals surface area contributed by atoms with Gasteiger partial charge in [0, 0.05) is 12.3 Å². The summed E-state index contributed by atoms with van der Waals surface area (Å²) in [6.45, 7) is 6.52. The molecular formula is C20H31N5O2. The van der Waals surface area contributed by atoms with Gasteiger partial charge in [-0.1, -0.05) is 50.6 Å². The van der Waals surface area contributed by atoms with E-state index in [9.17, 15) is 4.79 Å². The van der Waals surface area contributed by atoms with Crippen molar-refractivity contribution in [2.24, 2.45) is 17.2 Å². The number of carbonyl (C=O) groups excluding carboxylic acids is 1. The number of amides is 1. The van der Waals surface area contributed by atoms with Gasteiger partial charge in [-0.3, -0.25) is 5.32 Å². The fourth-order valence-electron chi connectivity index (χ4n) is 2.41. The molecule has 0 saturated carbocycles. The van der Waals surface area contributed by atoms with E-state index in [0.29, 0.717) is 11.5 Å². The van der Waals surface area contributed by atoms with Crippen LogP contribution in [0.3, 0.4) is 0 Å². The fourth-order valence-corrected chi connectivity index (χ4v) is 2.41. The first-order chi connectivity index (χ1) is 12.9. The van der Waals surface area contributed by atoms with Gasteiger partial charge in [0.15, 0.2) is 0 Å². The van der Waals surface area contributed by atoms with Crippen LogP contribution in [0.2, 0.25) is 0 Å². The van der Waals surface area contributed by atoms with Gasteiger partial charge >= 0.3 is 6.09 Å². The number of ether oxygens (including phenoxy) is 1. The smallest absolute Gasteiger partial charge is 0.412 e. The molecule has 0 radical (unpaired) electrons. The molecule has 1 heterocycles. The van der Waals surface area contributed by atoms with Crippen LogP contribution < -0.4 is 27.8 Å². The standard InChI is InChI=1S/C11H16.C9H15N5O2/c1-3-7-10(2)11-8-5-4-6-9-11;1-2-16-9(15)14-7-3-5(10)8(12)6(11)4-13-7/h4-6,8-10H,3,7H2,1-2H3;3-4,13H,2,10-12H2,1H3,(H,14,15). The molecule has 0 bridgehead atoms. The summed E-state index contributed by atoms with van der Waals surface area (Å²) in [5, 5.41) is 5.19. The third kappa shape index (κ3) is 7.77. The van der Waals surface area contributed by atoms with Gasteiger partial charge in [0.2, 0.25) is 0 Å². The molecule has 1 amide bonds. The molecule has 2 rings (SSSR count). The minimum atomic E-state index is -0.582. The van der Waals surface area contributed by atoms with E-state index in [2.05, 4.69) is 54.8 Å². The average Bonchev–Trinajstić information content (AvgIpc) is 2.77. The second-order valence-corrected chi connectivity index (χ2v) is 6.12. The number of allylic oxidation sites excluding steroid dienone is 1. The monoisotopic (exact) mass is 373 g/mol. The van der Waals surface area contributed by atoms with Gasteiger partial charge in [-0.2, -0.15) is 0 Å². The van der Waals surface area contributed by atoms with Crippen LogP contribution in [-0.4, -0.2) is 12.7 Å². The number of carbonyl (C=O) groups is 1. The van der Waals surface area contributed by atoms with Crippen molar-refractivity contribution in [3.05, 3.63) is 71.1 Å². The zero-order valence-electron chi connectivity index (χ0n) is 16.3. The Morgan fingerprint density at radius 2 is 1.85 bits per heavy atom. The summed E-state index contributed by atoms with van der Waals surface area (Å²) >= 11 is 0. The Balaban J connectivity index is 0.000000289. The summed E-state index contributed by atoms with van der Waals surface area (Å²) < 4.78 is 4.70. The van der Waals surface area contributed by atoms with Crippen LogP contribution in [0.5, 0.6) is 0 Å². The maximum Gasteiger partial charge on any atom is 0.412 e. The van der Waals surface area contributed by atoms with E-state index in [4.69, 9.17) is 21.9 Å². The number of hydrogen-bond donors (Lipinski definition) is 5. The summed E-state index contributed by atoms with van der Waals surface area (Å²) in [7, 11) is 0. The van der Waals surface area contributed by atoms with E-state index >= 15 is 0 Å². The molecule has 148 valence electrons. The van der Waals surface area contributed by atoms with E-state index < -0.39 is 6.09 Å². The zero-order valence-corrected chi connectivity index (χ0v) is 16.3. The highest BCUT2D eigenvalue weighted by atomic mass is 16.5. The van der Waals surface area contributed by atoms with Crippen LogP contribution in [0.1, 0.15) is 45.1 Å². The molecule has 0 spiro atoms. The van der Waals surface area contributed by atoms with Crippen LogP contribution in [0, 0.1) is 0 Å². The van der Waals surface area contributed by atoms with Crippen molar-refractivity contribution in [3.8, 4) is 0 Å². The summed E-state index contributed by atoms with van der Waals surface area (Å²) in [5.74, 6) is 1.07. The Kier molecular flexibility index (Phi) is 9.36. The molecule has 27 heavy (non-hydrogen) atoms. The lowest BCUT2D eigenvalue weighted by Gasteiger charge is -2.08. The first-order valence-corrected chi connectivity index (χ1v) is 9.07. The minimum absolute atomic E-state index is 0.258. The highest BCUT2D eigenvalue weighted by molar-refractivity contribution is 5.69. The molecule has 7 heteroatoms. The average molecular weight is 374 g/mol. The zero-order chi connectivity index (χ0) is 20.2. The molecule has 0 saturated heterocycles. The summed E-state index contributed by atoms with van der Waals surface area (Å²) in [6.07, 6.45) is 4.89. The second kappa shape index (κ2) is 11.5. The van der Waals surface area contributed by atoms with Gasteiger partial charge in [0.05, 0.1) is 23.7 Å². The molecule has 0 fully saturated rings. The Labute approximate surface area is 161 Å². The molecule has 1 atom stereocenters. The summed E-state index contributed by atoms with van der Waals surface area (Å²) in [6, 6.07) is 10.7. The maximum absolute atomic E-state index is 11.1. The number of nitrogens with one attached hydrogen (secondary N) is 2. The quantitative estimate of drug-likeness (QED) is 0.540. The SMILES string of the molecule is CCCC(C)c1ccccc1.CCOC(=O)NC1=CC(N)=C(N)C(N)=CN1. The van der Waals surface area contributed by atoms with Gasteiger partial charge in [-0.15, -0.1) is 0 Å². The normalized spacial score (nSPS) is 14.5. The molecule has 7 nitrogen and oxygen atoms in total. The first kappa shape index (κ1) is 22.0. The molecule has 0 aliphatic carbocycles. The van der Waals surface area contributed by atoms with Crippen LogP contribution in [0.4, 0.5) is 4.79 Å². The van der Waals surface area contributed by atoms with Gasteiger partial charge in [0.1, 0.15) is 5.82 Å². The van der Waals surface area contributed by atoms with E-state index in [1.807, 2.05) is 0 Å². The number of benzene rings is 1. The number of hydrogen-bond acceptors (Lipinski definition) is 6. The molecule has 8 N–H and O–H groups in total. The van der Waals surface area contributed by atoms with E-state index in [-0.39, 0.29) is 18.0 Å². The third-order valence-corrected chi connectivity index (χ3v) is 3.91. The van der Waals surface area contributed by atoms with Crippen LogP contribution in [0.15, 0.2) is 65.5 Å². The van der Waals surface area contributed by atoms with Crippen LogP contribution in [-0.2, 0) is 4.74 Å². The third-order valence-electron chi connectivity index (χ3n) is 3.91. The van der Waals surface area contributed by atoms with Gasteiger partial charge < -0.3 is 27.3 Å². The number of rotatable bonds is 5. The predicted octanol–water partition coefficient (Wildman–Crippen LogP) is 2.70. The number of nitrogens with two attached hydrogens (primary N) is 3. The highest BCUT2D eigenvalue weighted by Crippen LogP contribution is 2.19. The lowest BCUT2D eigenvalue weighted by atomic mass is 9.97. The maximum atomic E-state index is 11.1. The lowest BCUT2D eigenvalue weighted by Crippen LogP contribution is -2.30. The van der Waals surface area contributed by atoms with Crippen molar-refractivity contribution >= 4 is 6.09 Å². The highest BCUT2D eigenvalue weighted by Gasteiger charge is 2.10. The first-order valence-electron chi connectivity index (χ1n) is 9.07. The van der Waals surface area contributed by atoms with Crippen molar-refractivity contribution < 1.29 is 9.53 Å². The summed E-state index contributed by atoms with van der Waals surface area (Å²) in [5.41, 5.74) is 19.1. The van der Waals surface area contributed by atoms with E-state index in [1.54, 1.807) is 6.92 Å². The molecular weight excluding hydrogens is 342 g/mol. The Bertz CT molecular complexity index is 696. The molecule has 1 aromatic carbocycles. The predicted molar refractivity (Wildman–Crippen MR) is 109 cm³/mol. The van der Waals surface area contributed by atoms with Crippen molar-refractivity contribution in [1.29, 1.82) is 0 Å². The molecule has 1 aliphatic rings. The lowest BCUT2D eigenvalue weighted by molar-refractivity contribution is 0.154. The largest absolute Gasteiger partial charge is 0.450 e. The Morgan fingerprint density at radius 1 is 1.19 bits per heavy atom. The van der Waals surface area contributed by atoms with Gasteiger partial charge in [-0.25, -0.2) is 4.79 Å². The van der Waals surface area contributed by atoms with Crippen LogP contribution >= 0.6 is 0 Å². The Hall–Kier alpha value is -3.09. The van der Waals surface area contributed by atoms with Gasteiger partial charge in [0.25, 0.3) is 0 Å². The topological polar surface area (TPSA) is 128 Å². The second-order valence-electron chi connectivity index (χ2n) is 6.12. The molecule has 1 unspecified atom stereocenters. The molecule has 1 aromatic rings. The van der Waals surface area contributed by atoms with Crippen molar-refractivity contribution in [1.82, 2.24) is 10.6 Å².